The molecule has 0 amide bonds. The molecule has 0 spiro atoms. The van der Waals surface area contributed by atoms with Gasteiger partial charge in [0.05, 0.1) is 12.7 Å². The van der Waals surface area contributed by atoms with Gasteiger partial charge in [0.25, 0.3) is 0 Å². The second kappa shape index (κ2) is 7.92. The van der Waals surface area contributed by atoms with E-state index in [1.54, 1.807) is 6.07 Å². The zero-order chi connectivity index (χ0) is 18.7. The van der Waals surface area contributed by atoms with Gasteiger partial charge in [-0.1, -0.05) is 68.5 Å². The van der Waals surface area contributed by atoms with Crippen LogP contribution in [0.15, 0.2) is 65.8 Å². The molecule has 2 aromatic carbocycles. The summed E-state index contributed by atoms with van der Waals surface area (Å²) < 4.78 is 5.91. The Morgan fingerprint density at radius 1 is 1.23 bits per heavy atom. The van der Waals surface area contributed by atoms with Crippen molar-refractivity contribution in [1.29, 1.82) is 0 Å². The third kappa shape index (κ3) is 3.91. The molecule has 0 radical (unpaired) electrons. The smallest absolute Gasteiger partial charge is 0.123 e. The third-order valence-electron chi connectivity index (χ3n) is 5.15. The van der Waals surface area contributed by atoms with Gasteiger partial charge in [-0.15, -0.1) is 0 Å². The van der Waals surface area contributed by atoms with E-state index in [-0.39, 0.29) is 6.10 Å². The Morgan fingerprint density at radius 2 is 1.96 bits per heavy atom. The second-order valence-corrected chi connectivity index (χ2v) is 7.41. The van der Waals surface area contributed by atoms with Gasteiger partial charge in [-0.05, 0) is 53.8 Å². The normalized spacial score (nSPS) is 17.8. The molecule has 2 heteroatoms. The SMILES string of the molecule is C=C(C1=CCOC1CC/C(C)=C/c1ccc(O)c2ccccc12)C(C)C. The van der Waals surface area contributed by atoms with Crippen LogP contribution in [-0.2, 0) is 4.74 Å². The predicted octanol–water partition coefficient (Wildman–Crippen LogP) is 6.27. The van der Waals surface area contributed by atoms with E-state index in [1.165, 1.54) is 16.7 Å². The van der Waals surface area contributed by atoms with Crippen LogP contribution in [0, 0.1) is 5.92 Å². The van der Waals surface area contributed by atoms with Gasteiger partial charge in [-0.2, -0.15) is 0 Å². The lowest BCUT2D eigenvalue weighted by atomic mass is 9.91. The van der Waals surface area contributed by atoms with Gasteiger partial charge in [-0.25, -0.2) is 0 Å². The van der Waals surface area contributed by atoms with Crippen molar-refractivity contribution in [1.82, 2.24) is 0 Å². The maximum Gasteiger partial charge on any atom is 0.123 e. The lowest BCUT2D eigenvalue weighted by Gasteiger charge is -2.19. The number of hydrogen-bond acceptors (Lipinski definition) is 2. The van der Waals surface area contributed by atoms with Crippen LogP contribution in [-0.4, -0.2) is 17.8 Å². The van der Waals surface area contributed by atoms with E-state index in [0.29, 0.717) is 18.3 Å². The van der Waals surface area contributed by atoms with Gasteiger partial charge < -0.3 is 9.84 Å². The highest BCUT2D eigenvalue weighted by atomic mass is 16.5. The summed E-state index contributed by atoms with van der Waals surface area (Å²) in [6.45, 7) is 11.5. The molecule has 1 N–H and O–H groups in total. The molecule has 0 bridgehead atoms. The number of fused-ring (bicyclic) bond motifs is 1. The molecular weight excluding hydrogens is 320 g/mol. The standard InChI is InChI=1S/C24H28O2/c1-16(2)18(4)20-13-14-26-24(20)12-9-17(3)15-19-10-11-23(25)22-8-6-5-7-21(19)22/h5-8,10-11,13,15-16,24-25H,4,9,12,14H2,1-3H3/b17-15+. The van der Waals surface area contributed by atoms with Crippen molar-refractivity contribution >= 4 is 16.8 Å². The number of ether oxygens (including phenoxy) is 1. The van der Waals surface area contributed by atoms with Crippen LogP contribution in [0.4, 0.5) is 0 Å². The average Bonchev–Trinajstić information content (AvgIpc) is 3.10. The topological polar surface area (TPSA) is 29.5 Å². The Morgan fingerprint density at radius 3 is 2.69 bits per heavy atom. The monoisotopic (exact) mass is 348 g/mol. The summed E-state index contributed by atoms with van der Waals surface area (Å²) in [6.07, 6.45) is 6.50. The lowest BCUT2D eigenvalue weighted by molar-refractivity contribution is 0.116. The molecule has 0 aliphatic carbocycles. The quantitative estimate of drug-likeness (QED) is 0.667. The van der Waals surface area contributed by atoms with E-state index in [1.807, 2.05) is 24.3 Å². The molecule has 2 aromatic rings. The van der Waals surface area contributed by atoms with Crippen LogP contribution in [0.1, 0.15) is 39.2 Å². The second-order valence-electron chi connectivity index (χ2n) is 7.41. The number of phenolic OH excluding ortho intramolecular Hbond substituents is 1. The van der Waals surface area contributed by atoms with Gasteiger partial charge in [0, 0.05) is 5.39 Å². The number of aromatic hydroxyl groups is 1. The summed E-state index contributed by atoms with van der Waals surface area (Å²) >= 11 is 0. The molecule has 136 valence electrons. The maximum atomic E-state index is 10.1. The summed E-state index contributed by atoms with van der Waals surface area (Å²) in [5, 5.41) is 12.0. The van der Waals surface area contributed by atoms with E-state index in [9.17, 15) is 5.11 Å². The molecule has 1 unspecified atom stereocenters. The Hall–Kier alpha value is -2.32. The molecule has 1 atom stereocenters. The first-order valence-electron chi connectivity index (χ1n) is 9.36. The molecular formula is C24H28O2. The lowest BCUT2D eigenvalue weighted by Crippen LogP contribution is -2.13. The van der Waals surface area contributed by atoms with Crippen LogP contribution >= 0.6 is 0 Å². The van der Waals surface area contributed by atoms with Crippen LogP contribution in [0.5, 0.6) is 5.75 Å². The summed E-state index contributed by atoms with van der Waals surface area (Å²) in [6, 6.07) is 11.7. The Balaban J connectivity index is 1.73. The Bertz CT molecular complexity index is 871. The summed E-state index contributed by atoms with van der Waals surface area (Å²) in [7, 11) is 0. The number of phenols is 1. The fourth-order valence-corrected chi connectivity index (χ4v) is 3.51. The molecule has 1 aliphatic rings. The minimum Gasteiger partial charge on any atom is -0.507 e. The van der Waals surface area contributed by atoms with Gasteiger partial charge in [-0.3, -0.25) is 0 Å². The molecule has 0 saturated carbocycles. The third-order valence-corrected chi connectivity index (χ3v) is 5.15. The first-order chi connectivity index (χ1) is 12.5. The maximum absolute atomic E-state index is 10.1. The summed E-state index contributed by atoms with van der Waals surface area (Å²) in [4.78, 5) is 0. The average molecular weight is 348 g/mol. The molecule has 2 nitrogen and oxygen atoms in total. The van der Waals surface area contributed by atoms with Crippen LogP contribution in [0.3, 0.4) is 0 Å². The van der Waals surface area contributed by atoms with Crippen LogP contribution in [0.2, 0.25) is 0 Å². The number of hydrogen-bond donors (Lipinski definition) is 1. The van der Waals surface area contributed by atoms with Crippen molar-refractivity contribution in [3.8, 4) is 5.75 Å². The molecule has 0 saturated heterocycles. The van der Waals surface area contributed by atoms with Crippen molar-refractivity contribution in [2.45, 2.75) is 39.7 Å². The predicted molar refractivity (Wildman–Crippen MR) is 110 cm³/mol. The van der Waals surface area contributed by atoms with Crippen LogP contribution < -0.4 is 0 Å². The number of rotatable bonds is 6. The highest BCUT2D eigenvalue weighted by molar-refractivity contribution is 5.94. The van der Waals surface area contributed by atoms with E-state index in [0.717, 1.165) is 29.2 Å². The number of benzene rings is 2. The van der Waals surface area contributed by atoms with E-state index in [4.69, 9.17) is 4.74 Å². The molecule has 26 heavy (non-hydrogen) atoms. The first-order valence-corrected chi connectivity index (χ1v) is 9.36. The molecule has 1 heterocycles. The largest absolute Gasteiger partial charge is 0.507 e. The number of allylic oxidation sites excluding steroid dienone is 1. The van der Waals surface area contributed by atoms with Gasteiger partial charge in [0.2, 0.25) is 0 Å². The van der Waals surface area contributed by atoms with E-state index >= 15 is 0 Å². The molecule has 0 aromatic heterocycles. The van der Waals surface area contributed by atoms with Crippen LogP contribution in [0.25, 0.3) is 16.8 Å². The van der Waals surface area contributed by atoms with E-state index in [2.05, 4.69) is 45.6 Å². The Kier molecular flexibility index (Phi) is 5.63. The fourth-order valence-electron chi connectivity index (χ4n) is 3.51. The molecule has 3 rings (SSSR count). The minimum absolute atomic E-state index is 0.157. The minimum atomic E-state index is 0.157. The van der Waals surface area contributed by atoms with Crippen molar-refractivity contribution in [2.75, 3.05) is 6.61 Å². The van der Waals surface area contributed by atoms with Crippen molar-refractivity contribution in [3.63, 3.8) is 0 Å². The van der Waals surface area contributed by atoms with Crippen molar-refractivity contribution in [3.05, 3.63) is 71.3 Å². The highest BCUT2D eigenvalue weighted by Gasteiger charge is 2.23. The molecule has 1 aliphatic heterocycles. The summed E-state index contributed by atoms with van der Waals surface area (Å²) in [5.74, 6) is 0.780. The van der Waals surface area contributed by atoms with Gasteiger partial charge in [0.1, 0.15) is 5.75 Å². The molecule has 0 fully saturated rings. The van der Waals surface area contributed by atoms with Gasteiger partial charge in [0.15, 0.2) is 0 Å². The zero-order valence-electron chi connectivity index (χ0n) is 16.0. The van der Waals surface area contributed by atoms with Crippen molar-refractivity contribution < 1.29 is 9.84 Å². The van der Waals surface area contributed by atoms with Crippen molar-refractivity contribution in [2.24, 2.45) is 5.92 Å². The highest BCUT2D eigenvalue weighted by Crippen LogP contribution is 2.31. The fraction of sp³-hybridized carbons (Fsp3) is 0.333. The summed E-state index contributed by atoms with van der Waals surface area (Å²) in [5.41, 5.74) is 4.93. The zero-order valence-corrected chi connectivity index (χ0v) is 16.0. The first kappa shape index (κ1) is 18.5. The van der Waals surface area contributed by atoms with E-state index < -0.39 is 0 Å². The van der Waals surface area contributed by atoms with Gasteiger partial charge >= 0.3 is 0 Å². The Labute approximate surface area is 156 Å².